The number of carbonyl (C=O) groups is 3. The van der Waals surface area contributed by atoms with Crippen LogP contribution in [0.15, 0.2) is 24.4 Å². The molecule has 3 heterocycles. The minimum Gasteiger partial charge on any atom is -0.322 e. The summed E-state index contributed by atoms with van der Waals surface area (Å²) in [5.74, 6) is -0.860. The molecule has 8 nitrogen and oxygen atoms in total. The third-order valence-corrected chi connectivity index (χ3v) is 4.82. The first-order valence-electron chi connectivity index (χ1n) is 8.76. The lowest BCUT2D eigenvalue weighted by Crippen LogP contribution is -2.52. The Bertz CT molecular complexity index is 904. The second-order valence-electron chi connectivity index (χ2n) is 6.65. The molecule has 8 heteroatoms. The first-order valence-corrected chi connectivity index (χ1v) is 8.76. The van der Waals surface area contributed by atoms with Crippen LogP contribution >= 0.6 is 0 Å². The van der Waals surface area contributed by atoms with E-state index in [1.165, 1.54) is 0 Å². The maximum atomic E-state index is 12.7. The fourth-order valence-electron chi connectivity index (χ4n) is 3.50. The van der Waals surface area contributed by atoms with Crippen LogP contribution in [0.1, 0.15) is 47.8 Å². The largest absolute Gasteiger partial charge is 0.322 e. The van der Waals surface area contributed by atoms with Crippen LogP contribution in [0.25, 0.3) is 5.69 Å². The van der Waals surface area contributed by atoms with Gasteiger partial charge in [0, 0.05) is 18.5 Å². The lowest BCUT2D eigenvalue weighted by atomic mass is 10.0. The van der Waals surface area contributed by atoms with Crippen LogP contribution in [0.2, 0.25) is 0 Å². The summed E-state index contributed by atoms with van der Waals surface area (Å²) < 4.78 is 1.70. The zero-order chi connectivity index (χ0) is 18.3. The van der Waals surface area contributed by atoms with Crippen molar-refractivity contribution in [2.75, 3.05) is 0 Å². The molecular formula is C18H19N5O3. The Hall–Kier alpha value is -3.03. The maximum absolute atomic E-state index is 12.7. The second kappa shape index (κ2) is 6.36. The first-order chi connectivity index (χ1) is 12.6. The summed E-state index contributed by atoms with van der Waals surface area (Å²) in [6, 6.07) is 4.90. The molecule has 1 N–H and O–H groups in total. The van der Waals surface area contributed by atoms with Gasteiger partial charge in [0.15, 0.2) is 0 Å². The first kappa shape index (κ1) is 16.4. The number of benzene rings is 1. The molecular weight excluding hydrogens is 334 g/mol. The van der Waals surface area contributed by atoms with E-state index in [4.69, 9.17) is 0 Å². The SMILES string of the molecule is CCCc1cn(-c2ccc3c(c2)CN(C2CCC(=O)NC2=O)C3=O)nn1. The van der Waals surface area contributed by atoms with E-state index in [-0.39, 0.29) is 18.2 Å². The molecule has 2 aliphatic heterocycles. The number of aromatic nitrogens is 3. The van der Waals surface area contributed by atoms with Gasteiger partial charge in [-0.25, -0.2) is 4.68 Å². The fraction of sp³-hybridized carbons (Fsp3) is 0.389. The zero-order valence-corrected chi connectivity index (χ0v) is 14.4. The molecule has 1 unspecified atom stereocenters. The van der Waals surface area contributed by atoms with Crippen molar-refractivity contribution in [1.29, 1.82) is 0 Å². The number of fused-ring (bicyclic) bond motifs is 1. The predicted molar refractivity (Wildman–Crippen MR) is 91.4 cm³/mol. The number of imide groups is 1. The molecule has 0 saturated carbocycles. The zero-order valence-electron chi connectivity index (χ0n) is 14.4. The number of carbonyl (C=O) groups excluding carboxylic acids is 3. The van der Waals surface area contributed by atoms with Crippen LogP contribution in [0.3, 0.4) is 0 Å². The summed E-state index contributed by atoms with van der Waals surface area (Å²) in [6.07, 6.45) is 4.37. The highest BCUT2D eigenvalue weighted by atomic mass is 16.2. The van der Waals surface area contributed by atoms with Crippen LogP contribution in [0.5, 0.6) is 0 Å². The summed E-state index contributed by atoms with van der Waals surface area (Å²) in [7, 11) is 0. The molecule has 0 bridgehead atoms. The third-order valence-electron chi connectivity index (χ3n) is 4.82. The normalized spacial score (nSPS) is 19.7. The van der Waals surface area contributed by atoms with Gasteiger partial charge < -0.3 is 4.90 Å². The van der Waals surface area contributed by atoms with Gasteiger partial charge in [-0.15, -0.1) is 5.10 Å². The smallest absolute Gasteiger partial charge is 0.255 e. The van der Waals surface area contributed by atoms with Gasteiger partial charge in [-0.2, -0.15) is 0 Å². The predicted octanol–water partition coefficient (Wildman–Crippen LogP) is 0.981. The lowest BCUT2D eigenvalue weighted by Gasteiger charge is -2.29. The van der Waals surface area contributed by atoms with Gasteiger partial charge in [0.25, 0.3) is 5.91 Å². The van der Waals surface area contributed by atoms with E-state index in [2.05, 4.69) is 22.6 Å². The van der Waals surface area contributed by atoms with Crippen molar-refractivity contribution in [3.63, 3.8) is 0 Å². The third kappa shape index (κ3) is 2.77. The Morgan fingerprint density at radius 1 is 1.27 bits per heavy atom. The number of hydrogen-bond donors (Lipinski definition) is 1. The van der Waals surface area contributed by atoms with Gasteiger partial charge in [-0.3, -0.25) is 19.7 Å². The van der Waals surface area contributed by atoms with Crippen LogP contribution in [0.4, 0.5) is 0 Å². The van der Waals surface area contributed by atoms with Gasteiger partial charge in [-0.1, -0.05) is 18.6 Å². The van der Waals surface area contributed by atoms with Gasteiger partial charge in [-0.05, 0) is 36.6 Å². The fourth-order valence-corrected chi connectivity index (χ4v) is 3.50. The lowest BCUT2D eigenvalue weighted by molar-refractivity contribution is -0.136. The van der Waals surface area contributed by atoms with E-state index >= 15 is 0 Å². The van der Waals surface area contributed by atoms with Crippen molar-refractivity contribution in [1.82, 2.24) is 25.2 Å². The van der Waals surface area contributed by atoms with Crippen LogP contribution in [-0.4, -0.2) is 43.7 Å². The number of nitrogens with zero attached hydrogens (tertiary/aromatic N) is 4. The van der Waals surface area contributed by atoms with Crippen molar-refractivity contribution in [3.8, 4) is 5.69 Å². The van der Waals surface area contributed by atoms with Crippen molar-refractivity contribution >= 4 is 17.7 Å². The van der Waals surface area contributed by atoms with Crippen molar-refractivity contribution in [2.45, 2.75) is 45.2 Å². The number of amides is 3. The highest BCUT2D eigenvalue weighted by Crippen LogP contribution is 2.29. The summed E-state index contributed by atoms with van der Waals surface area (Å²) in [6.45, 7) is 2.44. The molecule has 26 heavy (non-hydrogen) atoms. The Balaban J connectivity index is 1.58. The number of nitrogens with one attached hydrogen (secondary N) is 1. The Kier molecular flexibility index (Phi) is 4.02. The topological polar surface area (TPSA) is 97.2 Å². The van der Waals surface area contributed by atoms with Gasteiger partial charge in [0.1, 0.15) is 6.04 Å². The van der Waals surface area contributed by atoms with Gasteiger partial charge in [0.2, 0.25) is 11.8 Å². The van der Waals surface area contributed by atoms with E-state index in [9.17, 15) is 14.4 Å². The van der Waals surface area contributed by atoms with E-state index in [0.717, 1.165) is 29.8 Å². The molecule has 3 amide bonds. The Labute approximate surface area is 150 Å². The molecule has 1 aromatic carbocycles. The second-order valence-corrected chi connectivity index (χ2v) is 6.65. The molecule has 134 valence electrons. The molecule has 1 saturated heterocycles. The number of hydrogen-bond acceptors (Lipinski definition) is 5. The monoisotopic (exact) mass is 353 g/mol. The average Bonchev–Trinajstić information content (AvgIpc) is 3.20. The Morgan fingerprint density at radius 3 is 2.88 bits per heavy atom. The highest BCUT2D eigenvalue weighted by Gasteiger charge is 2.39. The summed E-state index contributed by atoms with van der Waals surface area (Å²) >= 11 is 0. The van der Waals surface area contributed by atoms with Crippen molar-refractivity contribution < 1.29 is 14.4 Å². The number of aryl methyl sites for hydroxylation is 1. The number of rotatable bonds is 4. The molecule has 1 aromatic heterocycles. The van der Waals surface area contributed by atoms with E-state index in [1.807, 2.05) is 18.3 Å². The molecule has 2 aliphatic rings. The summed E-state index contributed by atoms with van der Waals surface area (Å²) in [4.78, 5) is 37.7. The standard InChI is InChI=1S/C18H19N5O3/c1-2-3-12-10-23(21-20-12)13-4-5-14-11(8-13)9-22(18(14)26)15-6-7-16(24)19-17(15)25/h4-5,8,10,15H,2-3,6-7,9H2,1H3,(H,19,24,25). The van der Waals surface area contributed by atoms with Crippen LogP contribution in [0, 0.1) is 0 Å². The number of piperidine rings is 1. The van der Waals surface area contributed by atoms with Crippen molar-refractivity contribution in [2.24, 2.45) is 0 Å². The quantitative estimate of drug-likeness (QED) is 0.827. The van der Waals surface area contributed by atoms with Crippen LogP contribution in [-0.2, 0) is 22.6 Å². The van der Waals surface area contributed by atoms with Crippen LogP contribution < -0.4 is 5.32 Å². The van der Waals surface area contributed by atoms with Gasteiger partial charge in [0.05, 0.1) is 17.6 Å². The molecule has 1 fully saturated rings. The molecule has 0 radical (unpaired) electrons. The minimum atomic E-state index is -0.599. The highest BCUT2D eigenvalue weighted by molar-refractivity contribution is 6.05. The van der Waals surface area contributed by atoms with E-state index in [0.29, 0.717) is 18.5 Å². The Morgan fingerprint density at radius 2 is 2.12 bits per heavy atom. The summed E-state index contributed by atoms with van der Waals surface area (Å²) in [5, 5.41) is 10.6. The molecule has 1 atom stereocenters. The van der Waals surface area contributed by atoms with Gasteiger partial charge >= 0.3 is 0 Å². The van der Waals surface area contributed by atoms with E-state index < -0.39 is 11.9 Å². The average molecular weight is 353 g/mol. The molecule has 2 aromatic rings. The molecule has 4 rings (SSSR count). The molecule has 0 spiro atoms. The summed E-state index contributed by atoms with van der Waals surface area (Å²) in [5.41, 5.74) is 3.20. The van der Waals surface area contributed by atoms with Crippen molar-refractivity contribution in [3.05, 3.63) is 41.2 Å². The molecule has 0 aliphatic carbocycles. The van der Waals surface area contributed by atoms with E-state index in [1.54, 1.807) is 15.6 Å². The maximum Gasteiger partial charge on any atom is 0.255 e. The minimum absolute atomic E-state index is 0.175.